The lowest BCUT2D eigenvalue weighted by atomic mass is 10.1. The number of halogens is 1. The zero-order valence-corrected chi connectivity index (χ0v) is 14.8. The molecule has 3 heterocycles. The van der Waals surface area contributed by atoms with E-state index in [1.165, 1.54) is 0 Å². The van der Waals surface area contributed by atoms with E-state index in [9.17, 15) is 13.2 Å². The first-order valence-corrected chi connectivity index (χ1v) is 9.65. The molecule has 2 aromatic heterocycles. The fourth-order valence-corrected chi connectivity index (χ4v) is 3.54. The van der Waals surface area contributed by atoms with Crippen LogP contribution in [0.4, 0.5) is 0 Å². The molecule has 122 valence electrons. The molecule has 0 bridgehead atoms. The fourth-order valence-electron chi connectivity index (χ4n) is 2.57. The molecule has 0 atom stereocenters. The van der Waals surface area contributed by atoms with Gasteiger partial charge in [0.1, 0.15) is 0 Å². The first-order valence-electron chi connectivity index (χ1n) is 6.97. The molecule has 1 aliphatic heterocycles. The highest BCUT2D eigenvalue weighted by atomic mass is 79.9. The lowest BCUT2D eigenvalue weighted by molar-refractivity contribution is 0.240. The van der Waals surface area contributed by atoms with Gasteiger partial charge in [-0.1, -0.05) is 0 Å². The second-order valence-corrected chi connectivity index (χ2v) is 8.39. The largest absolute Gasteiger partial charge is 0.297 e. The molecule has 0 aliphatic carbocycles. The van der Waals surface area contributed by atoms with Crippen molar-refractivity contribution in [1.82, 2.24) is 19.9 Å². The van der Waals surface area contributed by atoms with Gasteiger partial charge in [-0.3, -0.25) is 19.7 Å². The number of aromatic amines is 1. The number of nitrogens with one attached hydrogen (secondary N) is 1. The smallest absolute Gasteiger partial charge is 0.256 e. The highest BCUT2D eigenvalue weighted by molar-refractivity contribution is 9.10. The van der Waals surface area contributed by atoms with Crippen LogP contribution in [0, 0.1) is 0 Å². The molecule has 23 heavy (non-hydrogen) atoms. The number of H-pyrrole nitrogens is 1. The summed E-state index contributed by atoms with van der Waals surface area (Å²) in [6.45, 7) is 1.81. The van der Waals surface area contributed by atoms with Gasteiger partial charge < -0.3 is 0 Å². The van der Waals surface area contributed by atoms with E-state index in [2.05, 4.69) is 35.8 Å². The van der Waals surface area contributed by atoms with Crippen molar-refractivity contribution in [3.05, 3.63) is 50.1 Å². The molecule has 3 rings (SSSR count). The Kier molecular flexibility index (Phi) is 4.35. The molecule has 1 aliphatic rings. The normalized spacial score (nSPS) is 15.4. The molecule has 0 saturated heterocycles. The monoisotopic (exact) mass is 398 g/mol. The summed E-state index contributed by atoms with van der Waals surface area (Å²) in [4.78, 5) is 24.9. The maximum Gasteiger partial charge on any atom is 0.256 e. The molecule has 0 spiro atoms. The average Bonchev–Trinajstić information content (AvgIpc) is 2.47. The van der Waals surface area contributed by atoms with Gasteiger partial charge in [0, 0.05) is 49.2 Å². The Bertz CT molecular complexity index is 910. The van der Waals surface area contributed by atoms with Crippen LogP contribution in [0.1, 0.15) is 16.8 Å². The second-order valence-electron chi connectivity index (χ2n) is 5.54. The summed E-state index contributed by atoms with van der Waals surface area (Å²) in [6.07, 6.45) is 5.09. The average molecular weight is 399 g/mol. The number of hydrogen-bond donors (Lipinski definition) is 1. The lowest BCUT2D eigenvalue weighted by Crippen LogP contribution is -2.36. The van der Waals surface area contributed by atoms with E-state index in [4.69, 9.17) is 0 Å². The van der Waals surface area contributed by atoms with Gasteiger partial charge in [0.25, 0.3) is 5.56 Å². The first-order chi connectivity index (χ1) is 10.8. The van der Waals surface area contributed by atoms with E-state index in [1.807, 2.05) is 6.07 Å². The topological polar surface area (TPSA) is 96.0 Å². The zero-order valence-electron chi connectivity index (χ0n) is 12.4. The molecule has 0 amide bonds. The van der Waals surface area contributed by atoms with Crippen LogP contribution >= 0.6 is 15.9 Å². The minimum absolute atomic E-state index is 0.258. The summed E-state index contributed by atoms with van der Waals surface area (Å²) >= 11 is 3.39. The maximum absolute atomic E-state index is 12.2. The van der Waals surface area contributed by atoms with E-state index >= 15 is 0 Å². The van der Waals surface area contributed by atoms with Crippen molar-refractivity contribution in [3.8, 4) is 0 Å². The maximum atomic E-state index is 12.2. The summed E-state index contributed by atoms with van der Waals surface area (Å²) in [5.41, 5.74) is 1.76. The Hall–Kier alpha value is -1.58. The van der Waals surface area contributed by atoms with Gasteiger partial charge in [0.15, 0.2) is 0 Å². The fraction of sp³-hybridized carbons (Fsp3) is 0.357. The van der Waals surface area contributed by atoms with E-state index < -0.39 is 9.84 Å². The quantitative estimate of drug-likeness (QED) is 0.771. The minimum atomic E-state index is -3.52. The van der Waals surface area contributed by atoms with Crippen molar-refractivity contribution in [3.63, 3.8) is 0 Å². The molecule has 0 radical (unpaired) electrons. The molecule has 0 aromatic carbocycles. The van der Waals surface area contributed by atoms with Crippen LogP contribution in [0.5, 0.6) is 0 Å². The number of rotatable bonds is 3. The van der Waals surface area contributed by atoms with Crippen LogP contribution in [0.2, 0.25) is 0 Å². The van der Waals surface area contributed by atoms with Crippen molar-refractivity contribution < 1.29 is 8.42 Å². The van der Waals surface area contributed by atoms with Crippen molar-refractivity contribution >= 4 is 25.8 Å². The van der Waals surface area contributed by atoms with Gasteiger partial charge in [0.05, 0.1) is 11.3 Å². The van der Waals surface area contributed by atoms with Gasteiger partial charge in [-0.2, -0.15) is 0 Å². The molecule has 0 fully saturated rings. The number of pyridine rings is 1. The third-order valence-electron chi connectivity index (χ3n) is 3.64. The summed E-state index contributed by atoms with van der Waals surface area (Å²) in [5, 5.41) is -0.258. The van der Waals surface area contributed by atoms with Crippen LogP contribution in [0.3, 0.4) is 0 Å². The Morgan fingerprint density at radius 2 is 2.17 bits per heavy atom. The van der Waals surface area contributed by atoms with Gasteiger partial charge >= 0.3 is 0 Å². The summed E-state index contributed by atoms with van der Waals surface area (Å²) in [5.74, 6) is 0. The van der Waals surface area contributed by atoms with Crippen LogP contribution in [0.25, 0.3) is 0 Å². The summed E-state index contributed by atoms with van der Waals surface area (Å²) in [6, 6.07) is 1.98. The Labute approximate surface area is 141 Å². The lowest BCUT2D eigenvalue weighted by Gasteiger charge is -2.27. The minimum Gasteiger partial charge on any atom is -0.297 e. The SMILES string of the molecule is CS(=O)(=O)c1nc2c(c(=O)[nH]1)CN(Cc1cncc(Br)c1)CC2. The number of fused-ring (bicyclic) bond motifs is 1. The van der Waals surface area contributed by atoms with Gasteiger partial charge in [-0.25, -0.2) is 13.4 Å². The molecule has 9 heteroatoms. The standard InChI is InChI=1S/C14H15BrN4O3S/c1-23(21,22)14-17-12-2-3-19(8-11(12)13(20)18-14)7-9-4-10(15)6-16-5-9/h4-6H,2-3,7-8H2,1H3,(H,17,18,20). The Morgan fingerprint density at radius 1 is 1.39 bits per heavy atom. The molecule has 2 aromatic rings. The Morgan fingerprint density at radius 3 is 2.87 bits per heavy atom. The number of aromatic nitrogens is 3. The predicted octanol–water partition coefficient (Wildman–Crippen LogP) is 0.889. The molecule has 0 saturated carbocycles. The summed E-state index contributed by atoms with van der Waals surface area (Å²) in [7, 11) is -3.52. The van der Waals surface area contributed by atoms with Gasteiger partial charge in [-0.15, -0.1) is 0 Å². The van der Waals surface area contributed by atoms with Crippen LogP contribution < -0.4 is 5.56 Å². The predicted molar refractivity (Wildman–Crippen MR) is 87.7 cm³/mol. The third-order valence-corrected chi connectivity index (χ3v) is 4.97. The molecule has 1 N–H and O–H groups in total. The molecule has 0 unspecified atom stereocenters. The van der Waals surface area contributed by atoms with E-state index in [-0.39, 0.29) is 10.7 Å². The van der Waals surface area contributed by atoms with E-state index in [0.717, 1.165) is 16.3 Å². The Balaban J connectivity index is 1.85. The van der Waals surface area contributed by atoms with Crippen molar-refractivity contribution in [2.75, 3.05) is 12.8 Å². The number of nitrogens with zero attached hydrogens (tertiary/aromatic N) is 3. The molecule has 7 nitrogen and oxygen atoms in total. The highest BCUT2D eigenvalue weighted by Gasteiger charge is 2.23. The third kappa shape index (κ3) is 3.67. The van der Waals surface area contributed by atoms with Gasteiger partial charge in [0.2, 0.25) is 15.0 Å². The highest BCUT2D eigenvalue weighted by Crippen LogP contribution is 2.18. The van der Waals surface area contributed by atoms with Crippen molar-refractivity contribution in [2.45, 2.75) is 24.7 Å². The van der Waals surface area contributed by atoms with Crippen LogP contribution in [0.15, 0.2) is 32.9 Å². The van der Waals surface area contributed by atoms with Crippen molar-refractivity contribution in [1.29, 1.82) is 0 Å². The molecular formula is C14H15BrN4O3S. The van der Waals surface area contributed by atoms with Gasteiger partial charge in [-0.05, 0) is 27.6 Å². The van der Waals surface area contributed by atoms with Crippen molar-refractivity contribution in [2.24, 2.45) is 0 Å². The van der Waals surface area contributed by atoms with E-state index in [0.29, 0.717) is 37.3 Å². The first kappa shape index (κ1) is 16.3. The number of hydrogen-bond acceptors (Lipinski definition) is 6. The second kappa shape index (κ2) is 6.14. The van der Waals surface area contributed by atoms with Crippen LogP contribution in [-0.2, 0) is 29.3 Å². The molecular weight excluding hydrogens is 384 g/mol. The van der Waals surface area contributed by atoms with E-state index in [1.54, 1.807) is 12.4 Å². The van der Waals surface area contributed by atoms with Crippen LogP contribution in [-0.4, -0.2) is 41.1 Å². The summed E-state index contributed by atoms with van der Waals surface area (Å²) < 4.78 is 24.0. The zero-order chi connectivity index (χ0) is 16.6. The number of sulfone groups is 1.